The molecule has 0 aromatic heterocycles. The smallest absolute Gasteiger partial charge is 0.294 e. The zero-order valence-corrected chi connectivity index (χ0v) is 23.7. The maximum atomic E-state index is 14.8. The summed E-state index contributed by atoms with van der Waals surface area (Å²) in [6, 6.07) is 13.1. The van der Waals surface area contributed by atoms with E-state index in [4.69, 9.17) is 32.9 Å². The Bertz CT molecular complexity index is 1480. The van der Waals surface area contributed by atoms with E-state index in [1.165, 1.54) is 23.9 Å². The van der Waals surface area contributed by atoms with Crippen LogP contribution in [0.25, 0.3) is 0 Å². The summed E-state index contributed by atoms with van der Waals surface area (Å²) in [5.74, 6) is -0.674. The maximum absolute atomic E-state index is 14.8. The van der Waals surface area contributed by atoms with Gasteiger partial charge in [0.05, 0.1) is 29.6 Å². The summed E-state index contributed by atoms with van der Waals surface area (Å²) in [6.45, 7) is 4.52. The van der Waals surface area contributed by atoms with E-state index >= 15 is 0 Å². The number of amidine groups is 1. The summed E-state index contributed by atoms with van der Waals surface area (Å²) in [6.07, 6.45) is 0. The lowest BCUT2D eigenvalue weighted by Crippen LogP contribution is -2.48. The van der Waals surface area contributed by atoms with Crippen LogP contribution in [-0.4, -0.2) is 37.8 Å². The fourth-order valence-corrected chi connectivity index (χ4v) is 6.51. The summed E-state index contributed by atoms with van der Waals surface area (Å²) >= 11 is 13.6. The van der Waals surface area contributed by atoms with Crippen LogP contribution in [0, 0.1) is 11.6 Å². The molecule has 0 fully saturated rings. The van der Waals surface area contributed by atoms with Gasteiger partial charge in [-0.15, -0.1) is 0 Å². The largest absolute Gasteiger partial charge is 0.495 e. The first-order valence-corrected chi connectivity index (χ1v) is 14.5. The minimum Gasteiger partial charge on any atom is -0.495 e. The Hall–Kier alpha value is -2.37. The number of hydrogen-bond donors (Lipinski definition) is 1. The molecule has 1 N–H and O–H groups in total. The third-order valence-electron chi connectivity index (χ3n) is 6.51. The monoisotopic (exact) mass is 600 g/mol. The number of benzene rings is 3. The molecule has 202 valence electrons. The van der Waals surface area contributed by atoms with Crippen molar-refractivity contribution in [1.82, 2.24) is 0 Å². The van der Waals surface area contributed by atoms with Crippen molar-refractivity contribution < 1.29 is 26.5 Å². The highest BCUT2D eigenvalue weighted by Crippen LogP contribution is 2.41. The van der Waals surface area contributed by atoms with Crippen molar-refractivity contribution in [1.29, 1.82) is 0 Å². The molecule has 0 aliphatic carbocycles. The highest BCUT2D eigenvalue weighted by molar-refractivity contribution is 8.13. The van der Waals surface area contributed by atoms with E-state index in [2.05, 4.69) is 13.8 Å². The quantitative estimate of drug-likeness (QED) is 0.295. The first kappa shape index (κ1) is 28.6. The van der Waals surface area contributed by atoms with Gasteiger partial charge in [0.2, 0.25) is 0 Å². The van der Waals surface area contributed by atoms with E-state index < -0.39 is 26.2 Å². The van der Waals surface area contributed by atoms with E-state index in [9.17, 15) is 21.8 Å². The number of nitrogens with zero attached hydrogens (tertiary/aromatic N) is 2. The SMILES string of the molecule is COc1cc(C(C)(C)C2CN=C(SCc3c(F)cc(S(=O)(=O)O)cc3Cl)N2c2ccc(F)cc2)ccc1Cl. The van der Waals surface area contributed by atoms with Gasteiger partial charge in [0.15, 0.2) is 5.17 Å². The van der Waals surface area contributed by atoms with Gasteiger partial charge in [-0.05, 0) is 54.1 Å². The second kappa shape index (κ2) is 11.0. The molecule has 12 heteroatoms. The summed E-state index contributed by atoms with van der Waals surface area (Å²) in [7, 11) is -3.07. The lowest BCUT2D eigenvalue weighted by molar-refractivity contribution is 0.403. The molecule has 1 aliphatic rings. The van der Waals surface area contributed by atoms with Gasteiger partial charge in [-0.25, -0.2) is 8.78 Å². The highest BCUT2D eigenvalue weighted by atomic mass is 35.5. The zero-order chi connectivity index (χ0) is 27.8. The molecule has 6 nitrogen and oxygen atoms in total. The summed E-state index contributed by atoms with van der Waals surface area (Å²) in [5, 5.41) is 0.910. The Kier molecular flexibility index (Phi) is 8.30. The molecule has 0 bridgehead atoms. The molecule has 1 aliphatic heterocycles. The van der Waals surface area contributed by atoms with Gasteiger partial charge in [-0.3, -0.25) is 9.55 Å². The molecule has 0 amide bonds. The van der Waals surface area contributed by atoms with Crippen molar-refractivity contribution in [3.63, 3.8) is 0 Å². The van der Waals surface area contributed by atoms with Crippen molar-refractivity contribution in [2.75, 3.05) is 18.6 Å². The van der Waals surface area contributed by atoms with Gasteiger partial charge in [-0.2, -0.15) is 8.42 Å². The molecule has 0 spiro atoms. The van der Waals surface area contributed by atoms with E-state index in [0.717, 1.165) is 17.7 Å². The minimum absolute atomic E-state index is 0.0366. The topological polar surface area (TPSA) is 79.2 Å². The number of methoxy groups -OCH3 is 1. The average molecular weight is 602 g/mol. The first-order chi connectivity index (χ1) is 17.8. The van der Waals surface area contributed by atoms with E-state index in [-0.39, 0.29) is 28.2 Å². The van der Waals surface area contributed by atoms with Crippen LogP contribution in [0.5, 0.6) is 5.75 Å². The normalized spacial score (nSPS) is 16.1. The van der Waals surface area contributed by atoms with Crippen LogP contribution in [0.4, 0.5) is 14.5 Å². The number of aliphatic imine (C=N–C) groups is 1. The predicted octanol–water partition coefficient (Wildman–Crippen LogP) is 6.98. The van der Waals surface area contributed by atoms with Crippen molar-refractivity contribution in [3.05, 3.63) is 87.4 Å². The fourth-order valence-electron chi connectivity index (χ4n) is 4.27. The van der Waals surface area contributed by atoms with Crippen molar-refractivity contribution >= 4 is 55.9 Å². The molecule has 1 atom stereocenters. The molecule has 1 unspecified atom stereocenters. The number of halogens is 4. The molecular weight excluding hydrogens is 577 g/mol. The van der Waals surface area contributed by atoms with Crippen LogP contribution < -0.4 is 9.64 Å². The molecule has 3 aromatic carbocycles. The molecule has 0 saturated carbocycles. The zero-order valence-electron chi connectivity index (χ0n) is 20.6. The standard InChI is InChI=1S/C26H24Cl2F2N2O4S2/c1-26(2,15-4-9-20(27)23(10-15)36-3)24-13-31-25(32(24)17-7-5-16(29)6-8-17)37-14-19-21(28)11-18(12-22(19)30)38(33,34)35/h4-12,24H,13-14H2,1-3H3,(H,33,34,35). The van der Waals surface area contributed by atoms with Gasteiger partial charge in [0.1, 0.15) is 17.4 Å². The van der Waals surface area contributed by atoms with Gasteiger partial charge < -0.3 is 9.64 Å². The van der Waals surface area contributed by atoms with Gasteiger partial charge in [-0.1, -0.05) is 54.9 Å². The summed E-state index contributed by atoms with van der Waals surface area (Å²) < 4.78 is 66.0. The molecule has 0 saturated heterocycles. The number of thioether (sulfide) groups is 1. The Morgan fingerprint density at radius 3 is 2.39 bits per heavy atom. The molecule has 3 aromatic rings. The van der Waals surface area contributed by atoms with Crippen LogP contribution in [0.2, 0.25) is 10.0 Å². The van der Waals surface area contributed by atoms with Gasteiger partial charge >= 0.3 is 0 Å². The summed E-state index contributed by atoms with van der Waals surface area (Å²) in [5.41, 5.74) is 1.23. The van der Waals surface area contributed by atoms with Crippen molar-refractivity contribution in [2.45, 2.75) is 36.0 Å². The summed E-state index contributed by atoms with van der Waals surface area (Å²) in [4.78, 5) is 6.08. The Balaban J connectivity index is 1.67. The number of anilines is 1. The number of hydrogen-bond acceptors (Lipinski definition) is 6. The maximum Gasteiger partial charge on any atom is 0.294 e. The van der Waals surface area contributed by atoms with Crippen LogP contribution >= 0.6 is 35.0 Å². The third kappa shape index (κ3) is 5.79. The minimum atomic E-state index is -4.61. The number of rotatable bonds is 7. The van der Waals surface area contributed by atoms with Crippen molar-refractivity contribution in [3.8, 4) is 5.75 Å². The van der Waals surface area contributed by atoms with Crippen LogP contribution in [0.3, 0.4) is 0 Å². The third-order valence-corrected chi connectivity index (χ3v) is 9.01. The first-order valence-electron chi connectivity index (χ1n) is 11.3. The van der Waals surface area contributed by atoms with Gasteiger partial charge in [0, 0.05) is 27.4 Å². The molecule has 1 heterocycles. The van der Waals surface area contributed by atoms with Crippen molar-refractivity contribution in [2.24, 2.45) is 4.99 Å². The second-order valence-corrected chi connectivity index (χ2v) is 12.4. The van der Waals surface area contributed by atoms with E-state index in [1.54, 1.807) is 25.3 Å². The fraction of sp³-hybridized carbons (Fsp3) is 0.269. The Morgan fingerprint density at radius 2 is 1.79 bits per heavy atom. The van der Waals surface area contributed by atoms with E-state index in [1.807, 2.05) is 17.0 Å². The molecule has 4 rings (SSSR count). The second-order valence-electron chi connectivity index (χ2n) is 9.19. The Morgan fingerprint density at radius 1 is 1.11 bits per heavy atom. The lowest BCUT2D eigenvalue weighted by Gasteiger charge is -2.39. The van der Waals surface area contributed by atoms with Crippen LogP contribution in [0.1, 0.15) is 25.0 Å². The molecule has 0 radical (unpaired) electrons. The molecule has 38 heavy (non-hydrogen) atoms. The highest BCUT2D eigenvalue weighted by Gasteiger charge is 2.41. The van der Waals surface area contributed by atoms with E-state index in [0.29, 0.717) is 28.2 Å². The lowest BCUT2D eigenvalue weighted by atomic mass is 9.77. The molecular formula is C26H24Cl2F2N2O4S2. The van der Waals surface area contributed by atoms with Crippen LogP contribution in [0.15, 0.2) is 64.5 Å². The average Bonchev–Trinajstić information content (AvgIpc) is 3.28. The van der Waals surface area contributed by atoms with Gasteiger partial charge in [0.25, 0.3) is 10.1 Å². The Labute approximate surface area is 234 Å². The van der Waals surface area contributed by atoms with Crippen LogP contribution in [-0.2, 0) is 21.3 Å². The number of ether oxygens (including phenoxy) is 1. The predicted molar refractivity (Wildman–Crippen MR) is 149 cm³/mol.